The summed E-state index contributed by atoms with van der Waals surface area (Å²) in [5, 5.41) is 13.9. The Morgan fingerprint density at radius 2 is 1.65 bits per heavy atom. The average molecular weight is 228 g/mol. The van der Waals surface area contributed by atoms with Gasteiger partial charge in [0.1, 0.15) is 5.69 Å². The van der Waals surface area contributed by atoms with E-state index >= 15 is 0 Å². The average Bonchev–Trinajstić information content (AvgIpc) is 2.38. The van der Waals surface area contributed by atoms with Crippen LogP contribution in [0.25, 0.3) is 0 Å². The predicted molar refractivity (Wildman–Crippen MR) is 66.9 cm³/mol. The molecule has 0 heterocycles. The fourth-order valence-electron chi connectivity index (χ4n) is 1.58. The highest BCUT2D eigenvalue weighted by atomic mass is 16.6. The van der Waals surface area contributed by atoms with Crippen LogP contribution in [-0.2, 0) is 6.54 Å². The van der Waals surface area contributed by atoms with Gasteiger partial charge in [-0.3, -0.25) is 10.1 Å². The van der Waals surface area contributed by atoms with Crippen molar-refractivity contribution < 1.29 is 4.92 Å². The molecular formula is C13H12N2O2. The summed E-state index contributed by atoms with van der Waals surface area (Å²) in [6.45, 7) is 0.575. The second-order valence-electron chi connectivity index (χ2n) is 3.61. The van der Waals surface area contributed by atoms with E-state index in [1.807, 2.05) is 30.3 Å². The minimum absolute atomic E-state index is 0.100. The Labute approximate surface area is 99.1 Å². The van der Waals surface area contributed by atoms with Crippen molar-refractivity contribution in [2.75, 3.05) is 5.32 Å². The fraction of sp³-hybridized carbons (Fsp3) is 0.0769. The van der Waals surface area contributed by atoms with E-state index in [1.54, 1.807) is 18.2 Å². The van der Waals surface area contributed by atoms with Gasteiger partial charge in [-0.15, -0.1) is 0 Å². The molecule has 0 radical (unpaired) electrons. The van der Waals surface area contributed by atoms with Gasteiger partial charge in [0.05, 0.1) is 4.92 Å². The summed E-state index contributed by atoms with van der Waals surface area (Å²) in [6, 6.07) is 16.4. The molecule has 2 aromatic carbocycles. The number of benzene rings is 2. The van der Waals surface area contributed by atoms with Gasteiger partial charge in [-0.25, -0.2) is 0 Å². The van der Waals surface area contributed by atoms with Crippen LogP contribution in [0.15, 0.2) is 54.6 Å². The number of rotatable bonds is 4. The molecule has 0 unspecified atom stereocenters. The molecular weight excluding hydrogens is 216 g/mol. The van der Waals surface area contributed by atoms with Crippen molar-refractivity contribution in [2.45, 2.75) is 6.54 Å². The molecule has 86 valence electrons. The third-order valence-electron chi connectivity index (χ3n) is 2.43. The summed E-state index contributed by atoms with van der Waals surface area (Å²) in [5.41, 5.74) is 1.73. The first-order chi connectivity index (χ1) is 8.27. The normalized spacial score (nSPS) is 9.88. The molecule has 0 fully saturated rings. The third kappa shape index (κ3) is 2.81. The molecule has 0 aliphatic carbocycles. The van der Waals surface area contributed by atoms with Crippen LogP contribution in [0.2, 0.25) is 0 Å². The van der Waals surface area contributed by atoms with Crippen molar-refractivity contribution in [1.29, 1.82) is 0 Å². The van der Waals surface area contributed by atoms with Gasteiger partial charge in [0.2, 0.25) is 0 Å². The minimum Gasteiger partial charge on any atom is -0.375 e. The summed E-state index contributed by atoms with van der Waals surface area (Å²) in [5.74, 6) is 0. The Morgan fingerprint density at radius 3 is 2.35 bits per heavy atom. The van der Waals surface area contributed by atoms with Gasteiger partial charge in [-0.1, -0.05) is 42.5 Å². The van der Waals surface area contributed by atoms with Crippen LogP contribution in [0.4, 0.5) is 11.4 Å². The summed E-state index contributed by atoms with van der Waals surface area (Å²) >= 11 is 0. The van der Waals surface area contributed by atoms with E-state index in [0.29, 0.717) is 12.2 Å². The van der Waals surface area contributed by atoms with Gasteiger partial charge in [0, 0.05) is 12.6 Å². The van der Waals surface area contributed by atoms with Crippen molar-refractivity contribution in [2.24, 2.45) is 0 Å². The molecule has 2 rings (SSSR count). The van der Waals surface area contributed by atoms with Gasteiger partial charge in [0.15, 0.2) is 0 Å². The smallest absolute Gasteiger partial charge is 0.292 e. The lowest BCUT2D eigenvalue weighted by Crippen LogP contribution is -2.02. The number of nitrogens with one attached hydrogen (secondary N) is 1. The first-order valence-electron chi connectivity index (χ1n) is 5.28. The molecule has 17 heavy (non-hydrogen) atoms. The topological polar surface area (TPSA) is 55.2 Å². The number of hydrogen-bond acceptors (Lipinski definition) is 3. The largest absolute Gasteiger partial charge is 0.375 e. The maximum absolute atomic E-state index is 10.8. The highest BCUT2D eigenvalue weighted by molar-refractivity contribution is 5.61. The van der Waals surface area contributed by atoms with Crippen LogP contribution in [0.3, 0.4) is 0 Å². The molecule has 0 aromatic heterocycles. The zero-order valence-electron chi connectivity index (χ0n) is 9.17. The maximum Gasteiger partial charge on any atom is 0.292 e. The summed E-state index contributed by atoms with van der Waals surface area (Å²) < 4.78 is 0. The van der Waals surface area contributed by atoms with Gasteiger partial charge < -0.3 is 5.32 Å². The first kappa shape index (κ1) is 11.1. The molecule has 0 saturated carbocycles. The third-order valence-corrected chi connectivity index (χ3v) is 2.43. The lowest BCUT2D eigenvalue weighted by atomic mass is 10.2. The van der Waals surface area contributed by atoms with E-state index in [0.717, 1.165) is 5.56 Å². The van der Waals surface area contributed by atoms with E-state index in [1.165, 1.54) is 6.07 Å². The molecule has 1 N–H and O–H groups in total. The van der Waals surface area contributed by atoms with Crippen molar-refractivity contribution >= 4 is 11.4 Å². The van der Waals surface area contributed by atoms with Crippen LogP contribution in [0, 0.1) is 10.1 Å². The maximum atomic E-state index is 10.8. The van der Waals surface area contributed by atoms with E-state index < -0.39 is 0 Å². The van der Waals surface area contributed by atoms with Crippen LogP contribution in [0.5, 0.6) is 0 Å². The fourth-order valence-corrected chi connectivity index (χ4v) is 1.58. The zero-order valence-corrected chi connectivity index (χ0v) is 9.17. The van der Waals surface area contributed by atoms with E-state index in [9.17, 15) is 10.1 Å². The Morgan fingerprint density at radius 1 is 1.00 bits per heavy atom. The lowest BCUT2D eigenvalue weighted by Gasteiger charge is -2.06. The lowest BCUT2D eigenvalue weighted by molar-refractivity contribution is -0.384. The number of anilines is 1. The van der Waals surface area contributed by atoms with E-state index in [-0.39, 0.29) is 10.6 Å². The Bertz CT molecular complexity index is 512. The predicted octanol–water partition coefficient (Wildman–Crippen LogP) is 3.21. The molecule has 0 amide bonds. The number of nitrogens with zero attached hydrogens (tertiary/aromatic N) is 1. The minimum atomic E-state index is -0.382. The highest BCUT2D eigenvalue weighted by Crippen LogP contribution is 2.23. The van der Waals surface area contributed by atoms with Crippen molar-refractivity contribution in [3.63, 3.8) is 0 Å². The molecule has 2 aromatic rings. The summed E-state index contributed by atoms with van der Waals surface area (Å²) in [7, 11) is 0. The molecule has 0 atom stereocenters. The molecule has 0 aliphatic heterocycles. The molecule has 0 saturated heterocycles. The van der Waals surface area contributed by atoms with Crippen molar-refractivity contribution in [3.05, 3.63) is 70.3 Å². The Hall–Kier alpha value is -2.36. The first-order valence-corrected chi connectivity index (χ1v) is 5.28. The molecule has 0 spiro atoms. The van der Waals surface area contributed by atoms with Gasteiger partial charge >= 0.3 is 0 Å². The van der Waals surface area contributed by atoms with E-state index in [4.69, 9.17) is 0 Å². The SMILES string of the molecule is O=[N+]([O-])c1ccccc1NCc1ccccc1. The quantitative estimate of drug-likeness (QED) is 0.645. The second-order valence-corrected chi connectivity index (χ2v) is 3.61. The molecule has 0 aliphatic rings. The van der Waals surface area contributed by atoms with Crippen molar-refractivity contribution in [1.82, 2.24) is 0 Å². The second kappa shape index (κ2) is 5.12. The van der Waals surface area contributed by atoms with Gasteiger partial charge in [-0.2, -0.15) is 0 Å². The highest BCUT2D eigenvalue weighted by Gasteiger charge is 2.11. The Kier molecular flexibility index (Phi) is 3.35. The zero-order chi connectivity index (χ0) is 12.1. The Balaban J connectivity index is 2.12. The van der Waals surface area contributed by atoms with Crippen LogP contribution in [0.1, 0.15) is 5.56 Å². The van der Waals surface area contributed by atoms with Crippen LogP contribution >= 0.6 is 0 Å². The number of nitro benzene ring substituents is 1. The van der Waals surface area contributed by atoms with Gasteiger partial charge in [-0.05, 0) is 11.6 Å². The molecule has 4 heteroatoms. The van der Waals surface area contributed by atoms with Gasteiger partial charge in [0.25, 0.3) is 5.69 Å². The summed E-state index contributed by atoms with van der Waals surface area (Å²) in [4.78, 5) is 10.4. The molecule has 0 bridgehead atoms. The van der Waals surface area contributed by atoms with E-state index in [2.05, 4.69) is 5.32 Å². The van der Waals surface area contributed by atoms with Crippen LogP contribution in [-0.4, -0.2) is 4.92 Å². The van der Waals surface area contributed by atoms with Crippen molar-refractivity contribution in [3.8, 4) is 0 Å². The monoisotopic (exact) mass is 228 g/mol. The summed E-state index contributed by atoms with van der Waals surface area (Å²) in [6.07, 6.45) is 0. The number of para-hydroxylation sites is 2. The molecule has 4 nitrogen and oxygen atoms in total. The van der Waals surface area contributed by atoms with Crippen LogP contribution < -0.4 is 5.32 Å². The number of nitro groups is 1. The number of hydrogen-bond donors (Lipinski definition) is 1. The standard InChI is InChI=1S/C13H12N2O2/c16-15(17)13-9-5-4-8-12(13)14-10-11-6-2-1-3-7-11/h1-9,14H,10H2.